The Morgan fingerprint density at radius 3 is 2.49 bits per heavy atom. The molecule has 1 fully saturated rings. The van der Waals surface area contributed by atoms with Gasteiger partial charge in [-0.25, -0.2) is 0 Å². The molecule has 4 rings (SSSR count). The van der Waals surface area contributed by atoms with Crippen molar-refractivity contribution in [2.24, 2.45) is 11.8 Å². The lowest BCUT2D eigenvalue weighted by Gasteiger charge is -2.30. The van der Waals surface area contributed by atoms with Crippen molar-refractivity contribution in [2.45, 2.75) is 32.5 Å². The van der Waals surface area contributed by atoms with E-state index in [1.807, 2.05) is 46.7 Å². The summed E-state index contributed by atoms with van der Waals surface area (Å²) in [5, 5.41) is 2.04. The van der Waals surface area contributed by atoms with Crippen LogP contribution in [-0.4, -0.2) is 41.9 Å². The SMILES string of the molecule is CC(C)CN(C[C@@H]1CN(Cc2cccs2)C[C@H]1c1cccc(C(F)(F)F)c1)C(=O)c1ccccc1. The fraction of sp³-hybridized carbons (Fsp3) is 0.393. The summed E-state index contributed by atoms with van der Waals surface area (Å²) in [5.74, 6) is 0.192. The minimum Gasteiger partial charge on any atom is -0.338 e. The van der Waals surface area contributed by atoms with Gasteiger partial charge in [0.2, 0.25) is 0 Å². The van der Waals surface area contributed by atoms with Gasteiger partial charge in [-0.3, -0.25) is 9.69 Å². The van der Waals surface area contributed by atoms with Crippen LogP contribution in [0.5, 0.6) is 0 Å². The summed E-state index contributed by atoms with van der Waals surface area (Å²) in [6, 6.07) is 19.0. The molecule has 0 unspecified atom stereocenters. The van der Waals surface area contributed by atoms with E-state index < -0.39 is 11.7 Å². The van der Waals surface area contributed by atoms with E-state index in [2.05, 4.69) is 24.8 Å². The zero-order valence-corrected chi connectivity index (χ0v) is 20.9. The number of carbonyl (C=O) groups excluding carboxylic acids is 1. The van der Waals surface area contributed by atoms with Crippen molar-refractivity contribution in [3.05, 3.63) is 93.7 Å². The number of benzene rings is 2. The molecule has 2 aromatic carbocycles. The highest BCUT2D eigenvalue weighted by Gasteiger charge is 2.38. The third-order valence-corrected chi connectivity index (χ3v) is 7.33. The van der Waals surface area contributed by atoms with Crippen LogP contribution in [-0.2, 0) is 12.7 Å². The Morgan fingerprint density at radius 1 is 1.06 bits per heavy atom. The van der Waals surface area contributed by atoms with E-state index >= 15 is 0 Å². The first-order chi connectivity index (χ1) is 16.7. The van der Waals surface area contributed by atoms with E-state index in [9.17, 15) is 18.0 Å². The topological polar surface area (TPSA) is 23.6 Å². The molecule has 3 nitrogen and oxygen atoms in total. The quantitative estimate of drug-likeness (QED) is 0.340. The van der Waals surface area contributed by atoms with Crippen LogP contribution >= 0.6 is 11.3 Å². The maximum atomic E-state index is 13.5. The third-order valence-electron chi connectivity index (χ3n) is 6.47. The number of halogens is 3. The summed E-state index contributed by atoms with van der Waals surface area (Å²) in [6.07, 6.45) is -4.38. The molecule has 0 N–H and O–H groups in total. The first-order valence-electron chi connectivity index (χ1n) is 12.0. The predicted molar refractivity (Wildman–Crippen MR) is 134 cm³/mol. The number of likely N-dealkylation sites (tertiary alicyclic amines) is 1. The van der Waals surface area contributed by atoms with Crippen LogP contribution in [0.3, 0.4) is 0 Å². The first-order valence-corrected chi connectivity index (χ1v) is 12.8. The zero-order valence-electron chi connectivity index (χ0n) is 20.0. The summed E-state index contributed by atoms with van der Waals surface area (Å²) in [5.41, 5.74) is 0.706. The Balaban J connectivity index is 1.62. The Kier molecular flexibility index (Phi) is 7.97. The van der Waals surface area contributed by atoms with E-state index in [1.165, 1.54) is 17.0 Å². The molecule has 0 saturated carbocycles. The molecular formula is C28H31F3N2OS. The maximum Gasteiger partial charge on any atom is 0.416 e. The number of nitrogens with zero attached hydrogens (tertiary/aromatic N) is 2. The van der Waals surface area contributed by atoms with Gasteiger partial charge in [0.25, 0.3) is 5.91 Å². The number of carbonyl (C=O) groups is 1. The molecule has 1 amide bonds. The van der Waals surface area contributed by atoms with Gasteiger partial charge in [-0.1, -0.05) is 56.3 Å². The van der Waals surface area contributed by atoms with Crippen LogP contribution in [0.4, 0.5) is 13.2 Å². The Labute approximate surface area is 209 Å². The average Bonchev–Trinajstić information content (AvgIpc) is 3.48. The normalized spacial score (nSPS) is 18.8. The van der Waals surface area contributed by atoms with Crippen LogP contribution in [0.25, 0.3) is 0 Å². The van der Waals surface area contributed by atoms with Gasteiger partial charge in [0, 0.05) is 49.1 Å². The molecule has 0 spiro atoms. The molecule has 0 radical (unpaired) electrons. The van der Waals surface area contributed by atoms with Gasteiger partial charge in [0.15, 0.2) is 0 Å². The zero-order chi connectivity index (χ0) is 25.0. The van der Waals surface area contributed by atoms with Gasteiger partial charge in [0.05, 0.1) is 5.56 Å². The van der Waals surface area contributed by atoms with Gasteiger partial charge in [-0.2, -0.15) is 13.2 Å². The Hall–Kier alpha value is -2.64. The van der Waals surface area contributed by atoms with Crippen LogP contribution in [0, 0.1) is 11.8 Å². The van der Waals surface area contributed by atoms with Crippen LogP contribution in [0.15, 0.2) is 72.1 Å². The highest BCUT2D eigenvalue weighted by atomic mass is 32.1. The molecule has 0 bridgehead atoms. The standard InChI is InChI=1S/C28H31F3N2OS/c1-20(2)15-33(27(34)21-8-4-3-5-9-21)17-23-16-32(18-25-12-7-13-35-25)19-26(23)22-10-6-11-24(14-22)28(29,30)31/h3-14,20,23,26H,15-19H2,1-2H3/t23-,26-/m0/s1. The molecule has 2 heterocycles. The monoisotopic (exact) mass is 500 g/mol. The summed E-state index contributed by atoms with van der Waals surface area (Å²) >= 11 is 1.68. The molecule has 1 aromatic heterocycles. The van der Waals surface area contributed by atoms with E-state index in [-0.39, 0.29) is 23.7 Å². The van der Waals surface area contributed by atoms with Crippen molar-refractivity contribution >= 4 is 17.2 Å². The minimum atomic E-state index is -4.38. The molecule has 1 aliphatic heterocycles. The highest BCUT2D eigenvalue weighted by Crippen LogP contribution is 2.38. The molecule has 1 aliphatic rings. The number of rotatable bonds is 8. The number of hydrogen-bond acceptors (Lipinski definition) is 3. The summed E-state index contributed by atoms with van der Waals surface area (Å²) in [4.78, 5) is 18.8. The second kappa shape index (κ2) is 11.0. The fourth-order valence-electron chi connectivity index (χ4n) is 4.95. The maximum absolute atomic E-state index is 13.5. The lowest BCUT2D eigenvalue weighted by atomic mass is 9.87. The van der Waals surface area contributed by atoms with E-state index in [4.69, 9.17) is 0 Å². The summed E-state index contributed by atoms with van der Waals surface area (Å²) < 4.78 is 40.4. The summed E-state index contributed by atoms with van der Waals surface area (Å²) in [7, 11) is 0. The van der Waals surface area contributed by atoms with Crippen molar-refractivity contribution in [1.82, 2.24) is 9.80 Å². The minimum absolute atomic E-state index is 0.0289. The van der Waals surface area contributed by atoms with Gasteiger partial charge in [-0.05, 0) is 47.0 Å². The molecule has 3 aromatic rings. The molecule has 0 aliphatic carbocycles. The van der Waals surface area contributed by atoms with Gasteiger partial charge in [0.1, 0.15) is 0 Å². The predicted octanol–water partition coefficient (Wildman–Crippen LogP) is 6.78. The number of amides is 1. The molecule has 2 atom stereocenters. The van der Waals surface area contributed by atoms with Gasteiger partial charge in [-0.15, -0.1) is 11.3 Å². The van der Waals surface area contributed by atoms with Crippen molar-refractivity contribution in [2.75, 3.05) is 26.2 Å². The van der Waals surface area contributed by atoms with Crippen LogP contribution < -0.4 is 0 Å². The lowest BCUT2D eigenvalue weighted by Crippen LogP contribution is -2.39. The first kappa shape index (κ1) is 25.5. The third kappa shape index (κ3) is 6.53. The smallest absolute Gasteiger partial charge is 0.338 e. The van der Waals surface area contributed by atoms with E-state index in [0.717, 1.165) is 19.2 Å². The number of thiophene rings is 1. The van der Waals surface area contributed by atoms with Crippen molar-refractivity contribution in [3.8, 4) is 0 Å². The van der Waals surface area contributed by atoms with E-state index in [0.29, 0.717) is 30.8 Å². The van der Waals surface area contributed by atoms with Gasteiger partial charge < -0.3 is 4.90 Å². The average molecular weight is 501 g/mol. The molecule has 7 heteroatoms. The largest absolute Gasteiger partial charge is 0.416 e. The highest BCUT2D eigenvalue weighted by molar-refractivity contribution is 7.09. The molecule has 35 heavy (non-hydrogen) atoms. The molecule has 1 saturated heterocycles. The van der Waals surface area contributed by atoms with Crippen LogP contribution in [0.1, 0.15) is 46.1 Å². The Morgan fingerprint density at radius 2 is 1.83 bits per heavy atom. The summed E-state index contributed by atoms with van der Waals surface area (Å²) in [6.45, 7) is 7.42. The van der Waals surface area contributed by atoms with E-state index in [1.54, 1.807) is 17.4 Å². The second-order valence-corrected chi connectivity index (χ2v) is 10.8. The van der Waals surface area contributed by atoms with Crippen molar-refractivity contribution in [3.63, 3.8) is 0 Å². The van der Waals surface area contributed by atoms with Gasteiger partial charge >= 0.3 is 6.18 Å². The Bertz CT molecular complexity index is 1100. The van der Waals surface area contributed by atoms with Crippen molar-refractivity contribution in [1.29, 1.82) is 0 Å². The lowest BCUT2D eigenvalue weighted by molar-refractivity contribution is -0.137. The molecular weight excluding hydrogens is 469 g/mol. The van der Waals surface area contributed by atoms with Crippen LogP contribution in [0.2, 0.25) is 0 Å². The van der Waals surface area contributed by atoms with Crippen molar-refractivity contribution < 1.29 is 18.0 Å². The number of hydrogen-bond donors (Lipinski definition) is 0. The molecule has 186 valence electrons. The second-order valence-electron chi connectivity index (χ2n) is 9.73. The fourth-order valence-corrected chi connectivity index (χ4v) is 5.69. The number of alkyl halides is 3.